The third kappa shape index (κ3) is 2.55. The molecule has 0 amide bonds. The normalized spacial score (nSPS) is 10.6. The van der Waals surface area contributed by atoms with Crippen molar-refractivity contribution in [1.29, 1.82) is 0 Å². The summed E-state index contributed by atoms with van der Waals surface area (Å²) in [4.78, 5) is 8.24. The van der Waals surface area contributed by atoms with E-state index in [-0.39, 0.29) is 0 Å². The third-order valence-corrected chi connectivity index (χ3v) is 2.70. The molecule has 0 aliphatic carbocycles. The number of nitrogens with two attached hydrogens (primary N) is 1. The fourth-order valence-electron chi connectivity index (χ4n) is 1.70. The van der Waals surface area contributed by atoms with E-state index in [4.69, 9.17) is 5.73 Å². The summed E-state index contributed by atoms with van der Waals surface area (Å²) in [5.41, 5.74) is 6.82. The lowest BCUT2D eigenvalue weighted by Crippen LogP contribution is -2.10. The first kappa shape index (κ1) is 12.3. The zero-order valence-electron chi connectivity index (χ0n) is 10.6. The van der Waals surface area contributed by atoms with Crippen LogP contribution < -0.4 is 11.1 Å². The van der Waals surface area contributed by atoms with E-state index in [2.05, 4.69) is 32.4 Å². The van der Waals surface area contributed by atoms with Gasteiger partial charge in [0, 0.05) is 12.6 Å². The summed E-state index contributed by atoms with van der Waals surface area (Å²) in [5, 5.41) is 11.1. The number of aromatic nitrogens is 5. The Morgan fingerprint density at radius 2 is 2.22 bits per heavy atom. The molecule has 0 atom stereocenters. The zero-order valence-corrected chi connectivity index (χ0v) is 10.6. The highest BCUT2D eigenvalue weighted by molar-refractivity contribution is 5.54. The number of nitrogens with zero attached hydrogens (tertiary/aromatic N) is 5. The Hall–Kier alpha value is -2.18. The van der Waals surface area contributed by atoms with E-state index in [1.807, 2.05) is 11.6 Å². The molecule has 0 unspecified atom stereocenters. The number of hydrogen-bond donors (Lipinski definition) is 2. The van der Waals surface area contributed by atoms with Gasteiger partial charge < -0.3 is 15.6 Å². The van der Waals surface area contributed by atoms with E-state index >= 15 is 0 Å². The van der Waals surface area contributed by atoms with Crippen molar-refractivity contribution >= 4 is 11.6 Å². The second kappa shape index (κ2) is 5.44. The van der Waals surface area contributed by atoms with Crippen LogP contribution in [0.4, 0.5) is 11.6 Å². The number of nitrogen functional groups attached to an aromatic ring is 1. The first-order chi connectivity index (χ1) is 8.72. The summed E-state index contributed by atoms with van der Waals surface area (Å²) in [6.07, 6.45) is 4.98. The average molecular weight is 247 g/mol. The van der Waals surface area contributed by atoms with Crippen LogP contribution in [0.25, 0.3) is 0 Å². The van der Waals surface area contributed by atoms with Crippen LogP contribution in [0.2, 0.25) is 0 Å². The molecule has 2 heterocycles. The van der Waals surface area contributed by atoms with Gasteiger partial charge in [0.15, 0.2) is 5.82 Å². The fourth-order valence-corrected chi connectivity index (χ4v) is 1.70. The Balaban J connectivity index is 2.14. The van der Waals surface area contributed by atoms with Gasteiger partial charge in [0.05, 0.1) is 6.54 Å². The molecule has 0 saturated carbocycles. The van der Waals surface area contributed by atoms with Crippen molar-refractivity contribution in [2.75, 3.05) is 11.1 Å². The SMILES string of the molecule is CCCc1c(N)ncnc1NCc1nncn1C. The summed E-state index contributed by atoms with van der Waals surface area (Å²) < 4.78 is 1.86. The molecule has 0 aliphatic rings. The Labute approximate surface area is 105 Å². The number of aryl methyl sites for hydroxylation is 1. The minimum atomic E-state index is 0.535. The predicted octanol–water partition coefficient (Wildman–Crippen LogP) is 0.752. The summed E-state index contributed by atoms with van der Waals surface area (Å²) in [5.74, 6) is 2.15. The van der Waals surface area contributed by atoms with Crippen LogP contribution in [0.5, 0.6) is 0 Å². The molecule has 2 aromatic rings. The van der Waals surface area contributed by atoms with E-state index in [9.17, 15) is 0 Å². The van der Waals surface area contributed by atoms with Crippen molar-refractivity contribution < 1.29 is 0 Å². The lowest BCUT2D eigenvalue weighted by Gasteiger charge is -2.11. The van der Waals surface area contributed by atoms with E-state index in [1.54, 1.807) is 6.33 Å². The Morgan fingerprint density at radius 1 is 1.39 bits per heavy atom. The topological polar surface area (TPSA) is 94.5 Å². The van der Waals surface area contributed by atoms with Crippen molar-refractivity contribution in [1.82, 2.24) is 24.7 Å². The monoisotopic (exact) mass is 247 g/mol. The Kier molecular flexibility index (Phi) is 3.71. The minimum Gasteiger partial charge on any atom is -0.383 e. The van der Waals surface area contributed by atoms with Gasteiger partial charge in [-0.2, -0.15) is 0 Å². The maximum absolute atomic E-state index is 5.86. The van der Waals surface area contributed by atoms with Gasteiger partial charge in [-0.05, 0) is 6.42 Å². The Morgan fingerprint density at radius 3 is 2.89 bits per heavy atom. The van der Waals surface area contributed by atoms with Crippen LogP contribution in [0.3, 0.4) is 0 Å². The molecule has 0 fully saturated rings. The highest BCUT2D eigenvalue weighted by atomic mass is 15.3. The lowest BCUT2D eigenvalue weighted by atomic mass is 10.1. The fraction of sp³-hybridized carbons (Fsp3) is 0.455. The molecule has 96 valence electrons. The van der Waals surface area contributed by atoms with Gasteiger partial charge in [-0.1, -0.05) is 13.3 Å². The van der Waals surface area contributed by atoms with Crippen LogP contribution in [0.15, 0.2) is 12.7 Å². The van der Waals surface area contributed by atoms with Crippen molar-refractivity contribution in [3.8, 4) is 0 Å². The maximum atomic E-state index is 5.86. The van der Waals surface area contributed by atoms with Crippen molar-refractivity contribution in [3.63, 3.8) is 0 Å². The molecule has 7 nitrogen and oxygen atoms in total. The standard InChI is InChI=1S/C11H17N7/c1-3-4-8-10(12)14-6-15-11(8)13-5-9-17-16-7-18(9)2/h6-7H,3-5H2,1-2H3,(H3,12,13,14,15). The molecule has 0 saturated heterocycles. The van der Waals surface area contributed by atoms with Crippen LogP contribution in [-0.2, 0) is 20.0 Å². The second-order valence-electron chi connectivity index (χ2n) is 4.05. The molecule has 0 aromatic carbocycles. The van der Waals surface area contributed by atoms with Gasteiger partial charge in [-0.3, -0.25) is 0 Å². The maximum Gasteiger partial charge on any atom is 0.151 e. The molecule has 18 heavy (non-hydrogen) atoms. The minimum absolute atomic E-state index is 0.535. The predicted molar refractivity (Wildman–Crippen MR) is 68.8 cm³/mol. The third-order valence-electron chi connectivity index (χ3n) is 2.70. The number of anilines is 2. The summed E-state index contributed by atoms with van der Waals surface area (Å²) in [7, 11) is 1.90. The van der Waals surface area contributed by atoms with Gasteiger partial charge in [0.2, 0.25) is 0 Å². The van der Waals surface area contributed by atoms with Crippen molar-refractivity contribution in [2.24, 2.45) is 7.05 Å². The summed E-state index contributed by atoms with van der Waals surface area (Å²) >= 11 is 0. The van der Waals surface area contributed by atoms with Gasteiger partial charge in [0.25, 0.3) is 0 Å². The number of nitrogens with one attached hydrogen (secondary N) is 1. The molecule has 3 N–H and O–H groups in total. The molecule has 0 aliphatic heterocycles. The highest BCUT2D eigenvalue weighted by Gasteiger charge is 2.09. The van der Waals surface area contributed by atoms with Crippen LogP contribution in [0, 0.1) is 0 Å². The quantitative estimate of drug-likeness (QED) is 0.809. The smallest absolute Gasteiger partial charge is 0.151 e. The molecule has 0 radical (unpaired) electrons. The number of hydrogen-bond acceptors (Lipinski definition) is 6. The summed E-state index contributed by atoms with van der Waals surface area (Å²) in [6, 6.07) is 0. The summed E-state index contributed by atoms with van der Waals surface area (Å²) in [6.45, 7) is 2.66. The Bertz CT molecular complexity index is 520. The first-order valence-corrected chi connectivity index (χ1v) is 5.88. The molecule has 0 bridgehead atoms. The number of rotatable bonds is 5. The lowest BCUT2D eigenvalue weighted by molar-refractivity contribution is 0.806. The van der Waals surface area contributed by atoms with Crippen LogP contribution in [0.1, 0.15) is 24.7 Å². The van der Waals surface area contributed by atoms with E-state index in [0.29, 0.717) is 12.4 Å². The molecule has 7 heteroatoms. The van der Waals surface area contributed by atoms with Gasteiger partial charge in [-0.15, -0.1) is 10.2 Å². The molecule has 2 aromatic heterocycles. The molecule has 0 spiro atoms. The van der Waals surface area contributed by atoms with E-state index in [0.717, 1.165) is 30.0 Å². The van der Waals surface area contributed by atoms with Gasteiger partial charge >= 0.3 is 0 Å². The van der Waals surface area contributed by atoms with Crippen LogP contribution >= 0.6 is 0 Å². The molecular weight excluding hydrogens is 230 g/mol. The largest absolute Gasteiger partial charge is 0.383 e. The van der Waals surface area contributed by atoms with Gasteiger partial charge in [0.1, 0.15) is 24.3 Å². The van der Waals surface area contributed by atoms with E-state index < -0.39 is 0 Å². The molecule has 2 rings (SSSR count). The van der Waals surface area contributed by atoms with Crippen LogP contribution in [-0.4, -0.2) is 24.7 Å². The second-order valence-corrected chi connectivity index (χ2v) is 4.05. The van der Waals surface area contributed by atoms with Crippen molar-refractivity contribution in [3.05, 3.63) is 24.0 Å². The van der Waals surface area contributed by atoms with E-state index in [1.165, 1.54) is 6.33 Å². The van der Waals surface area contributed by atoms with Gasteiger partial charge in [-0.25, -0.2) is 9.97 Å². The first-order valence-electron chi connectivity index (χ1n) is 5.88. The highest BCUT2D eigenvalue weighted by Crippen LogP contribution is 2.19. The zero-order chi connectivity index (χ0) is 13.0. The van der Waals surface area contributed by atoms with Crippen molar-refractivity contribution in [2.45, 2.75) is 26.3 Å². The average Bonchev–Trinajstić information content (AvgIpc) is 2.76. The molecular formula is C11H17N7.